The average molecular weight is 445 g/mol. The topological polar surface area (TPSA) is 113 Å². The van der Waals surface area contributed by atoms with Crippen LogP contribution in [-0.4, -0.2) is 58.4 Å². The molecule has 0 unspecified atom stereocenters. The van der Waals surface area contributed by atoms with Gasteiger partial charge in [-0.15, -0.1) is 11.8 Å². The van der Waals surface area contributed by atoms with Crippen LogP contribution in [0.1, 0.15) is 65.2 Å². The summed E-state index contributed by atoms with van der Waals surface area (Å²) in [6.45, 7) is 4.00. The van der Waals surface area contributed by atoms with E-state index in [0.717, 1.165) is 24.2 Å². The number of unbranched alkanes of at least 4 members (excludes halogenated alkanes) is 2. The van der Waals surface area contributed by atoms with Crippen LogP contribution in [0.3, 0.4) is 0 Å². The van der Waals surface area contributed by atoms with Gasteiger partial charge >= 0.3 is 11.9 Å². The molecule has 0 aromatic heterocycles. The van der Waals surface area contributed by atoms with Gasteiger partial charge in [0.15, 0.2) is 0 Å². The van der Waals surface area contributed by atoms with Gasteiger partial charge in [-0.3, -0.25) is 4.79 Å². The number of carbonyl (C=O) groups is 2. The number of ether oxygens (including phenoxy) is 2. The van der Waals surface area contributed by atoms with Gasteiger partial charge in [0.25, 0.3) is 0 Å². The molecule has 1 rings (SSSR count). The molecule has 0 aromatic carbocycles. The first-order valence-electron chi connectivity index (χ1n) is 10.8. The monoisotopic (exact) mass is 444 g/mol. The van der Waals surface area contributed by atoms with Crippen molar-refractivity contribution < 1.29 is 34.4 Å². The van der Waals surface area contributed by atoms with Crippen LogP contribution in [0, 0.1) is 5.92 Å². The number of hydrogen-bond donors (Lipinski definition) is 3. The van der Waals surface area contributed by atoms with Crippen molar-refractivity contribution in [1.82, 2.24) is 0 Å². The Morgan fingerprint density at radius 2 is 2.00 bits per heavy atom. The quantitative estimate of drug-likeness (QED) is 0.188. The van der Waals surface area contributed by atoms with Gasteiger partial charge < -0.3 is 24.8 Å². The number of esters is 1. The third kappa shape index (κ3) is 10.6. The van der Waals surface area contributed by atoms with E-state index in [4.69, 9.17) is 14.6 Å². The molecule has 8 heteroatoms. The second-order valence-electron chi connectivity index (χ2n) is 7.41. The molecule has 0 saturated heterocycles. The molecule has 3 N–H and O–H groups in total. The van der Waals surface area contributed by atoms with Gasteiger partial charge in [-0.1, -0.05) is 45.3 Å². The second-order valence-corrected chi connectivity index (χ2v) is 8.54. The first kappa shape index (κ1) is 26.7. The lowest BCUT2D eigenvalue weighted by Crippen LogP contribution is -2.14. The van der Waals surface area contributed by atoms with Crippen LogP contribution < -0.4 is 0 Å². The highest BCUT2D eigenvalue weighted by molar-refractivity contribution is 8.03. The molecule has 1 aliphatic rings. The molecule has 0 fully saturated rings. The molecule has 0 amide bonds. The predicted molar refractivity (Wildman–Crippen MR) is 117 cm³/mol. The summed E-state index contributed by atoms with van der Waals surface area (Å²) < 4.78 is 10.6. The number of carboxylic acids is 1. The lowest BCUT2D eigenvalue weighted by atomic mass is 10.0. The Morgan fingerprint density at radius 1 is 1.23 bits per heavy atom. The molecule has 0 aliphatic heterocycles. The van der Waals surface area contributed by atoms with Gasteiger partial charge in [-0.25, -0.2) is 4.79 Å². The van der Waals surface area contributed by atoms with Gasteiger partial charge in [0.05, 0.1) is 12.2 Å². The van der Waals surface area contributed by atoms with E-state index >= 15 is 0 Å². The second kappa shape index (κ2) is 15.5. The molecule has 0 spiro atoms. The molecule has 172 valence electrons. The van der Waals surface area contributed by atoms with Crippen molar-refractivity contribution in [3.05, 3.63) is 22.8 Å². The fourth-order valence-electron chi connectivity index (χ4n) is 3.11. The largest absolute Gasteiger partial charge is 0.480 e. The molecule has 0 heterocycles. The Bertz CT molecular complexity index is 588. The molecule has 3 atom stereocenters. The number of thioether (sulfide) groups is 1. The van der Waals surface area contributed by atoms with Crippen LogP contribution in [0.2, 0.25) is 0 Å². The Balaban J connectivity index is 2.74. The van der Waals surface area contributed by atoms with E-state index in [-0.39, 0.29) is 24.9 Å². The van der Waals surface area contributed by atoms with E-state index < -0.39 is 18.2 Å². The normalized spacial score (nSPS) is 20.1. The van der Waals surface area contributed by atoms with Crippen molar-refractivity contribution in [2.24, 2.45) is 5.92 Å². The summed E-state index contributed by atoms with van der Waals surface area (Å²) in [5.74, 6) is -0.517. The highest BCUT2D eigenvalue weighted by Gasteiger charge is 2.34. The molecule has 30 heavy (non-hydrogen) atoms. The van der Waals surface area contributed by atoms with E-state index in [1.54, 1.807) is 6.08 Å². The summed E-state index contributed by atoms with van der Waals surface area (Å²) in [6, 6.07) is 0. The van der Waals surface area contributed by atoms with Crippen molar-refractivity contribution in [3.8, 4) is 0 Å². The summed E-state index contributed by atoms with van der Waals surface area (Å²) in [5, 5.41) is 29.3. The van der Waals surface area contributed by atoms with E-state index in [1.165, 1.54) is 11.8 Å². The van der Waals surface area contributed by atoms with Crippen LogP contribution in [0.5, 0.6) is 0 Å². The molecule has 7 nitrogen and oxygen atoms in total. The lowest BCUT2D eigenvalue weighted by Gasteiger charge is -2.15. The van der Waals surface area contributed by atoms with Crippen LogP contribution in [0.25, 0.3) is 0 Å². The van der Waals surface area contributed by atoms with E-state index in [9.17, 15) is 19.8 Å². The highest BCUT2D eigenvalue weighted by atomic mass is 32.2. The Hall–Kier alpha value is -1.35. The van der Waals surface area contributed by atoms with E-state index in [2.05, 4.69) is 6.92 Å². The fraction of sp³-hybridized carbons (Fsp3) is 0.727. The maximum atomic E-state index is 12.0. The van der Waals surface area contributed by atoms with E-state index in [0.29, 0.717) is 43.8 Å². The summed E-state index contributed by atoms with van der Waals surface area (Å²) in [5.41, 5.74) is 0. The van der Waals surface area contributed by atoms with Crippen LogP contribution in [0.4, 0.5) is 0 Å². The van der Waals surface area contributed by atoms with Crippen molar-refractivity contribution in [1.29, 1.82) is 0 Å². The van der Waals surface area contributed by atoms with Gasteiger partial charge in [0, 0.05) is 36.0 Å². The third-order valence-corrected chi connectivity index (χ3v) is 5.94. The van der Waals surface area contributed by atoms with Crippen LogP contribution in [-0.2, 0) is 19.1 Å². The first-order chi connectivity index (χ1) is 14.4. The van der Waals surface area contributed by atoms with Gasteiger partial charge in [0.2, 0.25) is 0 Å². The number of hydrogen-bond acceptors (Lipinski definition) is 7. The van der Waals surface area contributed by atoms with Gasteiger partial charge in [-0.2, -0.15) is 0 Å². The minimum Gasteiger partial charge on any atom is -0.480 e. The van der Waals surface area contributed by atoms with Crippen molar-refractivity contribution >= 4 is 23.7 Å². The molecule has 0 radical (unpaired) electrons. The van der Waals surface area contributed by atoms with Gasteiger partial charge in [-0.05, 0) is 19.3 Å². The summed E-state index contributed by atoms with van der Waals surface area (Å²) in [6.07, 6.45) is 7.93. The molecular weight excluding hydrogens is 408 g/mol. The molecular formula is C22H36O7S. The zero-order valence-electron chi connectivity index (χ0n) is 18.0. The van der Waals surface area contributed by atoms with Crippen LogP contribution >= 0.6 is 11.8 Å². The van der Waals surface area contributed by atoms with Crippen molar-refractivity contribution in [2.75, 3.05) is 19.0 Å². The Labute approximate surface area is 183 Å². The number of carboxylic acid groups (broad SMARTS) is 1. The third-order valence-electron chi connectivity index (χ3n) is 4.64. The number of aliphatic carboxylic acids is 1. The van der Waals surface area contributed by atoms with E-state index in [1.807, 2.05) is 13.0 Å². The lowest BCUT2D eigenvalue weighted by molar-refractivity contribution is -0.142. The molecule has 1 aliphatic carbocycles. The minimum atomic E-state index is -1.00. The maximum Gasteiger partial charge on any atom is 0.329 e. The average Bonchev–Trinajstić information content (AvgIpc) is 2.97. The SMILES string of the molecule is CCCCC[C@H](O)C=C[C@@H]1C(SCCCOCC(=O)O)=C(OC(=O)CCC)C[C@H]1O. The first-order valence-corrected chi connectivity index (χ1v) is 11.8. The minimum absolute atomic E-state index is 0.258. The highest BCUT2D eigenvalue weighted by Crippen LogP contribution is 2.41. The Morgan fingerprint density at radius 3 is 2.67 bits per heavy atom. The standard InChI is InChI=1S/C22H36O7S/c1-3-5-6-9-16(23)10-11-17-18(24)14-19(29-21(27)8-4-2)22(17)30-13-7-12-28-15-20(25)26/h10-11,16-18,23-24H,3-9,12-15H2,1-2H3,(H,25,26)/t16-,17-,18+/m0/s1. The van der Waals surface area contributed by atoms with Crippen LogP contribution in [0.15, 0.2) is 22.8 Å². The maximum absolute atomic E-state index is 12.0. The smallest absolute Gasteiger partial charge is 0.329 e. The predicted octanol–water partition coefficient (Wildman–Crippen LogP) is 3.64. The number of aliphatic hydroxyl groups is 2. The fourth-order valence-corrected chi connectivity index (χ4v) is 4.30. The number of aliphatic hydroxyl groups excluding tert-OH is 2. The summed E-state index contributed by atoms with van der Waals surface area (Å²) in [7, 11) is 0. The number of carbonyl (C=O) groups excluding carboxylic acids is 1. The molecule has 0 aromatic rings. The van der Waals surface area contributed by atoms with Crippen molar-refractivity contribution in [3.63, 3.8) is 0 Å². The van der Waals surface area contributed by atoms with Crippen molar-refractivity contribution in [2.45, 2.75) is 77.4 Å². The zero-order chi connectivity index (χ0) is 22.4. The summed E-state index contributed by atoms with van der Waals surface area (Å²) in [4.78, 5) is 23.2. The Kier molecular flexibility index (Phi) is 13.7. The molecule has 0 bridgehead atoms. The van der Waals surface area contributed by atoms with Gasteiger partial charge in [0.1, 0.15) is 12.4 Å². The summed E-state index contributed by atoms with van der Waals surface area (Å²) >= 11 is 1.48. The molecule has 0 saturated carbocycles. The number of rotatable bonds is 16. The zero-order valence-corrected chi connectivity index (χ0v) is 18.9.